The van der Waals surface area contributed by atoms with E-state index in [0.29, 0.717) is 29.2 Å². The van der Waals surface area contributed by atoms with Crippen LogP contribution in [0.15, 0.2) is 59.1 Å². The van der Waals surface area contributed by atoms with Gasteiger partial charge in [0, 0.05) is 16.8 Å². The fourth-order valence-electron chi connectivity index (χ4n) is 3.03. The minimum Gasteiger partial charge on any atom is -0.506 e. The maximum atomic E-state index is 13.1. The van der Waals surface area contributed by atoms with Gasteiger partial charge in [0.25, 0.3) is 5.91 Å². The maximum absolute atomic E-state index is 13.1. The van der Waals surface area contributed by atoms with Crippen molar-refractivity contribution in [3.05, 3.63) is 65.2 Å². The zero-order chi connectivity index (χ0) is 21.2. The largest absolute Gasteiger partial charge is 0.506 e. The molecule has 0 aromatic heterocycles. The number of aliphatic hydroxyl groups is 1. The lowest BCUT2D eigenvalue weighted by Crippen LogP contribution is -2.33. The average Bonchev–Trinajstić information content (AvgIpc) is 2.67. The lowest BCUT2D eigenvalue weighted by Gasteiger charge is -2.23. The molecule has 6 heteroatoms. The van der Waals surface area contributed by atoms with Gasteiger partial charge in [-0.05, 0) is 52.0 Å². The maximum Gasteiger partial charge on any atom is 0.261 e. The summed E-state index contributed by atoms with van der Waals surface area (Å²) in [6.45, 7) is 7.91. The van der Waals surface area contributed by atoms with Crippen molar-refractivity contribution in [2.45, 2.75) is 33.2 Å². The molecule has 0 radical (unpaired) electrons. The summed E-state index contributed by atoms with van der Waals surface area (Å²) in [5, 5.41) is 13.6. The standard InChI is InChI=1S/C23H24N2O4/c1-5-29-15-12-10-14(11-13-15)24-22(28)18-19(25-23(2,3)4)21(27)17-9-7-6-8-16(17)20(18)26/h6-13,26H,5H2,1-4H3,(H,24,28). The molecule has 0 heterocycles. The van der Waals surface area contributed by atoms with Crippen molar-refractivity contribution in [1.82, 2.24) is 0 Å². The van der Waals surface area contributed by atoms with Crippen molar-refractivity contribution in [3.63, 3.8) is 0 Å². The van der Waals surface area contributed by atoms with Crippen LogP contribution in [0.25, 0.3) is 5.76 Å². The minimum atomic E-state index is -0.609. The Bertz CT molecular complexity index is 1010. The Kier molecular flexibility index (Phi) is 5.55. The molecule has 0 saturated carbocycles. The highest BCUT2D eigenvalue weighted by atomic mass is 16.5. The quantitative estimate of drug-likeness (QED) is 0.806. The molecular formula is C23H24N2O4. The molecule has 2 aromatic carbocycles. The number of nitrogens with zero attached hydrogens (tertiary/aromatic N) is 1. The van der Waals surface area contributed by atoms with E-state index in [2.05, 4.69) is 10.3 Å². The van der Waals surface area contributed by atoms with Gasteiger partial charge in [-0.2, -0.15) is 0 Å². The number of aliphatic hydroxyl groups excluding tert-OH is 1. The summed E-state index contributed by atoms with van der Waals surface area (Å²) in [6, 6.07) is 13.5. The van der Waals surface area contributed by atoms with Gasteiger partial charge in [-0.15, -0.1) is 0 Å². The molecule has 0 saturated heterocycles. The van der Waals surface area contributed by atoms with Crippen LogP contribution in [0.2, 0.25) is 0 Å². The summed E-state index contributed by atoms with van der Waals surface area (Å²) in [5.74, 6) is -0.557. The number of anilines is 1. The lowest BCUT2D eigenvalue weighted by atomic mass is 9.86. The lowest BCUT2D eigenvalue weighted by molar-refractivity contribution is -0.112. The van der Waals surface area contributed by atoms with E-state index >= 15 is 0 Å². The topological polar surface area (TPSA) is 88.0 Å². The SMILES string of the molecule is CCOc1ccc(NC(=O)C2=C(O)c3ccccc3C(=O)C2=NC(C)(C)C)cc1. The number of carbonyl (C=O) groups is 2. The van der Waals surface area contributed by atoms with Crippen LogP contribution in [0, 0.1) is 0 Å². The Morgan fingerprint density at radius 1 is 1.07 bits per heavy atom. The average molecular weight is 392 g/mol. The van der Waals surface area contributed by atoms with Gasteiger partial charge < -0.3 is 15.2 Å². The fraction of sp³-hybridized carbons (Fsp3) is 0.261. The van der Waals surface area contributed by atoms with Crippen LogP contribution in [0.4, 0.5) is 5.69 Å². The Hall–Kier alpha value is -3.41. The zero-order valence-corrected chi connectivity index (χ0v) is 16.9. The van der Waals surface area contributed by atoms with E-state index in [4.69, 9.17) is 4.74 Å². The third-order valence-electron chi connectivity index (χ3n) is 4.21. The highest BCUT2D eigenvalue weighted by Crippen LogP contribution is 2.30. The van der Waals surface area contributed by atoms with Crippen LogP contribution in [0.5, 0.6) is 5.75 Å². The number of fused-ring (bicyclic) bond motifs is 1. The monoisotopic (exact) mass is 392 g/mol. The summed E-state index contributed by atoms with van der Waals surface area (Å²) < 4.78 is 5.40. The number of rotatable bonds is 4. The summed E-state index contributed by atoms with van der Waals surface area (Å²) in [4.78, 5) is 30.5. The van der Waals surface area contributed by atoms with Crippen molar-refractivity contribution in [3.8, 4) is 5.75 Å². The first kappa shape index (κ1) is 20.3. The van der Waals surface area contributed by atoms with Crippen LogP contribution in [0.3, 0.4) is 0 Å². The van der Waals surface area contributed by atoms with E-state index < -0.39 is 11.4 Å². The number of hydrogen-bond donors (Lipinski definition) is 2. The van der Waals surface area contributed by atoms with Gasteiger partial charge in [0.2, 0.25) is 5.78 Å². The number of ether oxygens (including phenoxy) is 1. The summed E-state index contributed by atoms with van der Waals surface area (Å²) >= 11 is 0. The molecule has 0 unspecified atom stereocenters. The number of ketones is 1. The van der Waals surface area contributed by atoms with E-state index in [1.807, 2.05) is 27.7 Å². The molecule has 0 atom stereocenters. The number of carbonyl (C=O) groups excluding carboxylic acids is 2. The highest BCUT2D eigenvalue weighted by Gasteiger charge is 2.35. The Morgan fingerprint density at radius 3 is 2.28 bits per heavy atom. The third-order valence-corrected chi connectivity index (χ3v) is 4.21. The molecule has 0 bridgehead atoms. The Labute approximate surface area is 169 Å². The number of Topliss-reactive ketones (excluding diaryl/α,β-unsaturated/α-hetero) is 1. The Balaban J connectivity index is 2.04. The second-order valence-electron chi connectivity index (χ2n) is 7.64. The van der Waals surface area contributed by atoms with E-state index in [0.717, 1.165) is 0 Å². The van der Waals surface area contributed by atoms with E-state index in [1.54, 1.807) is 48.5 Å². The van der Waals surface area contributed by atoms with Crippen LogP contribution >= 0.6 is 0 Å². The molecule has 1 amide bonds. The predicted molar refractivity (Wildman–Crippen MR) is 114 cm³/mol. The normalized spacial score (nSPS) is 15.3. The molecule has 1 aliphatic carbocycles. The highest BCUT2D eigenvalue weighted by molar-refractivity contribution is 6.60. The van der Waals surface area contributed by atoms with Gasteiger partial charge >= 0.3 is 0 Å². The minimum absolute atomic E-state index is 0.0443. The van der Waals surface area contributed by atoms with E-state index in [9.17, 15) is 14.7 Å². The summed E-state index contributed by atoms with van der Waals surface area (Å²) in [7, 11) is 0. The molecule has 2 N–H and O–H groups in total. The predicted octanol–water partition coefficient (Wildman–Crippen LogP) is 4.43. The molecule has 1 aliphatic rings. The molecule has 0 spiro atoms. The molecule has 0 aliphatic heterocycles. The first-order valence-electron chi connectivity index (χ1n) is 9.43. The molecule has 6 nitrogen and oxygen atoms in total. The molecule has 2 aromatic rings. The number of benzene rings is 2. The van der Waals surface area contributed by atoms with Gasteiger partial charge in [-0.3, -0.25) is 14.6 Å². The van der Waals surface area contributed by atoms with Crippen LogP contribution in [-0.4, -0.2) is 34.7 Å². The van der Waals surface area contributed by atoms with Gasteiger partial charge in [0.1, 0.15) is 22.8 Å². The summed E-state index contributed by atoms with van der Waals surface area (Å²) in [5.41, 5.74) is 0.380. The summed E-state index contributed by atoms with van der Waals surface area (Å²) in [6.07, 6.45) is 0. The number of aliphatic imine (C=N–C) groups is 1. The van der Waals surface area contributed by atoms with Crippen molar-refractivity contribution >= 4 is 28.8 Å². The number of amides is 1. The molecule has 3 rings (SSSR count). The Morgan fingerprint density at radius 2 is 1.69 bits per heavy atom. The molecule has 0 fully saturated rings. The van der Waals surface area contributed by atoms with Gasteiger partial charge in [-0.1, -0.05) is 24.3 Å². The van der Waals surface area contributed by atoms with Crippen LogP contribution in [0.1, 0.15) is 43.6 Å². The van der Waals surface area contributed by atoms with Gasteiger partial charge in [0.15, 0.2) is 0 Å². The van der Waals surface area contributed by atoms with Crippen molar-refractivity contribution in [2.24, 2.45) is 4.99 Å². The smallest absolute Gasteiger partial charge is 0.261 e. The van der Waals surface area contributed by atoms with Crippen LogP contribution < -0.4 is 10.1 Å². The zero-order valence-electron chi connectivity index (χ0n) is 16.9. The first-order chi connectivity index (χ1) is 13.7. The second-order valence-corrected chi connectivity index (χ2v) is 7.64. The molecular weight excluding hydrogens is 368 g/mol. The van der Waals surface area contributed by atoms with Crippen LogP contribution in [-0.2, 0) is 4.79 Å². The van der Waals surface area contributed by atoms with E-state index in [-0.39, 0.29) is 22.8 Å². The van der Waals surface area contributed by atoms with Crippen molar-refractivity contribution in [1.29, 1.82) is 0 Å². The van der Waals surface area contributed by atoms with E-state index in [1.165, 1.54) is 0 Å². The van der Waals surface area contributed by atoms with Crippen molar-refractivity contribution in [2.75, 3.05) is 11.9 Å². The molecule has 150 valence electrons. The second kappa shape index (κ2) is 7.91. The fourth-order valence-corrected chi connectivity index (χ4v) is 3.03. The molecule has 29 heavy (non-hydrogen) atoms. The van der Waals surface area contributed by atoms with Crippen molar-refractivity contribution < 1.29 is 19.4 Å². The first-order valence-corrected chi connectivity index (χ1v) is 9.43. The van der Waals surface area contributed by atoms with Gasteiger partial charge in [-0.25, -0.2) is 0 Å². The van der Waals surface area contributed by atoms with Gasteiger partial charge in [0.05, 0.1) is 12.1 Å². The third kappa shape index (κ3) is 4.37. The number of nitrogens with one attached hydrogen (secondary N) is 1. The number of hydrogen-bond acceptors (Lipinski definition) is 5.